The first-order valence-electron chi connectivity index (χ1n) is 14.2. The van der Waals surface area contributed by atoms with Crippen LogP contribution in [0.3, 0.4) is 0 Å². The van der Waals surface area contributed by atoms with Crippen molar-refractivity contribution in [2.24, 2.45) is 0 Å². The maximum Gasteiger partial charge on any atom is 0.272 e. The van der Waals surface area contributed by atoms with Crippen molar-refractivity contribution in [1.82, 2.24) is 5.32 Å². The predicted octanol–water partition coefficient (Wildman–Crippen LogP) is 6.91. The highest BCUT2D eigenvalue weighted by molar-refractivity contribution is 8.00. The Bertz CT molecular complexity index is 1680. The molecule has 1 unspecified atom stereocenters. The summed E-state index contributed by atoms with van der Waals surface area (Å²) in [4.78, 5) is 50.6. The molecule has 230 valence electrons. The van der Waals surface area contributed by atoms with Gasteiger partial charge < -0.3 is 20.7 Å². The van der Waals surface area contributed by atoms with Crippen molar-refractivity contribution < 1.29 is 24.0 Å². The maximum atomic E-state index is 13.5. The summed E-state index contributed by atoms with van der Waals surface area (Å²) in [5, 5.41) is 18.8. The number of anilines is 2. The third-order valence-corrected chi connectivity index (χ3v) is 7.77. The van der Waals surface area contributed by atoms with Crippen LogP contribution in [0.4, 0.5) is 17.1 Å². The molecule has 0 saturated carbocycles. The number of carbonyl (C=O) groups excluding carboxylic acids is 3. The average Bonchev–Trinajstić information content (AvgIpc) is 3.05. The van der Waals surface area contributed by atoms with Gasteiger partial charge in [-0.05, 0) is 79.6 Å². The molecule has 0 fully saturated rings. The molecule has 45 heavy (non-hydrogen) atoms. The van der Waals surface area contributed by atoms with Gasteiger partial charge in [0.25, 0.3) is 17.5 Å². The fourth-order valence-corrected chi connectivity index (χ4v) is 5.17. The van der Waals surface area contributed by atoms with Crippen LogP contribution in [0.1, 0.15) is 36.2 Å². The van der Waals surface area contributed by atoms with Gasteiger partial charge in [0, 0.05) is 34.0 Å². The summed E-state index contributed by atoms with van der Waals surface area (Å²) in [5.41, 5.74) is 1.99. The van der Waals surface area contributed by atoms with Crippen molar-refractivity contribution in [3.8, 4) is 5.75 Å². The highest BCUT2D eigenvalue weighted by atomic mass is 32.2. The topological polar surface area (TPSA) is 140 Å². The van der Waals surface area contributed by atoms with Gasteiger partial charge in [0.1, 0.15) is 11.4 Å². The molecule has 1 atom stereocenters. The minimum absolute atomic E-state index is 0.0416. The number of non-ortho nitro benzene ring substituents is 1. The van der Waals surface area contributed by atoms with Crippen LogP contribution in [0.5, 0.6) is 5.75 Å². The fraction of sp³-hybridized carbons (Fsp3) is 0.147. The molecule has 11 heteroatoms. The minimum atomic E-state index is -0.529. The Kier molecular flexibility index (Phi) is 11.5. The quantitative estimate of drug-likeness (QED) is 0.0635. The highest BCUT2D eigenvalue weighted by Gasteiger charge is 2.20. The third kappa shape index (κ3) is 9.54. The first kappa shape index (κ1) is 32.5. The van der Waals surface area contributed by atoms with Crippen LogP contribution in [0, 0.1) is 10.1 Å². The van der Waals surface area contributed by atoms with Crippen molar-refractivity contribution in [3.63, 3.8) is 0 Å². The average molecular weight is 625 g/mol. The van der Waals surface area contributed by atoms with Crippen LogP contribution in [-0.4, -0.2) is 34.5 Å². The molecule has 3 N–H and O–H groups in total. The Balaban J connectivity index is 1.48. The van der Waals surface area contributed by atoms with E-state index in [-0.39, 0.29) is 17.3 Å². The zero-order chi connectivity index (χ0) is 32.2. The van der Waals surface area contributed by atoms with E-state index in [0.29, 0.717) is 41.3 Å². The molecule has 0 heterocycles. The second-order valence-electron chi connectivity index (χ2n) is 9.67. The van der Waals surface area contributed by atoms with Gasteiger partial charge in [-0.2, -0.15) is 0 Å². The van der Waals surface area contributed by atoms with Gasteiger partial charge in [0.2, 0.25) is 5.91 Å². The van der Waals surface area contributed by atoms with Crippen molar-refractivity contribution in [2.45, 2.75) is 30.4 Å². The third-order valence-electron chi connectivity index (χ3n) is 6.41. The summed E-state index contributed by atoms with van der Waals surface area (Å²) < 4.78 is 5.50. The largest absolute Gasteiger partial charge is 0.494 e. The van der Waals surface area contributed by atoms with E-state index < -0.39 is 22.0 Å². The van der Waals surface area contributed by atoms with Crippen LogP contribution >= 0.6 is 11.8 Å². The number of benzene rings is 4. The molecule has 0 bridgehead atoms. The SMILES string of the molecule is CCOc1ccc(/C=C(/NC(=O)c2ccccc2)C(=O)Nc2cccc(SC(CC)C(=O)Nc3ccc([N+](=O)[O-])cc3)c2)cc1. The minimum Gasteiger partial charge on any atom is -0.494 e. The van der Waals surface area contributed by atoms with Gasteiger partial charge >= 0.3 is 0 Å². The Morgan fingerprint density at radius 3 is 2.22 bits per heavy atom. The van der Waals surface area contributed by atoms with Crippen LogP contribution < -0.4 is 20.7 Å². The Labute approximate surface area is 265 Å². The molecule has 4 aromatic rings. The van der Waals surface area contributed by atoms with Gasteiger partial charge in [-0.25, -0.2) is 0 Å². The molecule has 0 spiro atoms. The van der Waals surface area contributed by atoms with Crippen LogP contribution in [0.25, 0.3) is 6.08 Å². The smallest absolute Gasteiger partial charge is 0.272 e. The van der Waals surface area contributed by atoms with E-state index in [1.807, 2.05) is 19.9 Å². The standard InChI is InChI=1S/C34H32N4O6S/c1-3-31(34(41)35-25-15-17-27(18-16-25)38(42)43)45-29-12-8-11-26(22-29)36-33(40)30(37-32(39)24-9-6-5-7-10-24)21-23-13-19-28(20-14-23)44-4-2/h5-22,31H,3-4H2,1-2H3,(H,35,41)(H,36,40)(H,37,39)/b30-21+. The lowest BCUT2D eigenvalue weighted by Crippen LogP contribution is -2.30. The molecule has 0 aliphatic heterocycles. The summed E-state index contributed by atoms with van der Waals surface area (Å²) in [7, 11) is 0. The number of nitrogens with zero attached hydrogens (tertiary/aromatic N) is 1. The summed E-state index contributed by atoms with van der Waals surface area (Å²) in [5.74, 6) is -0.527. The van der Waals surface area contributed by atoms with Crippen molar-refractivity contribution in [3.05, 3.63) is 130 Å². The number of hydrogen-bond acceptors (Lipinski definition) is 7. The Hall–Kier alpha value is -5.42. The second kappa shape index (κ2) is 15.9. The van der Waals surface area contributed by atoms with E-state index in [1.54, 1.807) is 78.9 Å². The highest BCUT2D eigenvalue weighted by Crippen LogP contribution is 2.29. The number of rotatable bonds is 13. The van der Waals surface area contributed by atoms with E-state index >= 15 is 0 Å². The predicted molar refractivity (Wildman–Crippen MR) is 176 cm³/mol. The molecule has 4 rings (SSSR count). The van der Waals surface area contributed by atoms with E-state index in [2.05, 4.69) is 16.0 Å². The Morgan fingerprint density at radius 1 is 0.867 bits per heavy atom. The molecule has 0 aliphatic rings. The number of thioether (sulfide) groups is 1. The summed E-state index contributed by atoms with van der Waals surface area (Å²) in [6, 6.07) is 28.4. The van der Waals surface area contributed by atoms with Crippen molar-refractivity contribution in [2.75, 3.05) is 17.2 Å². The van der Waals surface area contributed by atoms with Crippen LogP contribution in [-0.2, 0) is 9.59 Å². The molecular weight excluding hydrogens is 592 g/mol. The first-order valence-corrected chi connectivity index (χ1v) is 15.1. The monoisotopic (exact) mass is 624 g/mol. The lowest BCUT2D eigenvalue weighted by Gasteiger charge is -2.16. The van der Waals surface area contributed by atoms with Gasteiger partial charge in [-0.3, -0.25) is 24.5 Å². The van der Waals surface area contributed by atoms with Crippen molar-refractivity contribution >= 4 is 52.6 Å². The van der Waals surface area contributed by atoms with Gasteiger partial charge in [0.15, 0.2) is 0 Å². The first-order chi connectivity index (χ1) is 21.7. The van der Waals surface area contributed by atoms with Gasteiger partial charge in [-0.15, -0.1) is 11.8 Å². The molecule has 3 amide bonds. The summed E-state index contributed by atoms with van der Waals surface area (Å²) >= 11 is 1.32. The number of nitro groups is 1. The molecule has 10 nitrogen and oxygen atoms in total. The molecule has 0 aromatic heterocycles. The zero-order valence-corrected chi connectivity index (χ0v) is 25.5. The molecule has 0 aliphatic carbocycles. The molecule has 4 aromatic carbocycles. The number of amides is 3. The maximum absolute atomic E-state index is 13.5. The number of carbonyl (C=O) groups is 3. The lowest BCUT2D eigenvalue weighted by molar-refractivity contribution is -0.384. The molecule has 0 radical (unpaired) electrons. The lowest BCUT2D eigenvalue weighted by atomic mass is 10.1. The second-order valence-corrected chi connectivity index (χ2v) is 10.9. The summed E-state index contributed by atoms with van der Waals surface area (Å²) in [6.07, 6.45) is 2.10. The number of ether oxygens (including phenoxy) is 1. The number of nitrogens with one attached hydrogen (secondary N) is 3. The molecule has 0 saturated heterocycles. The van der Waals surface area contributed by atoms with Crippen LogP contribution in [0.15, 0.2) is 114 Å². The molecular formula is C34H32N4O6S. The van der Waals surface area contributed by atoms with E-state index in [9.17, 15) is 24.5 Å². The number of hydrogen-bond donors (Lipinski definition) is 3. The fourth-order valence-electron chi connectivity index (χ4n) is 4.16. The van der Waals surface area contributed by atoms with Crippen molar-refractivity contribution in [1.29, 1.82) is 0 Å². The number of nitro benzene ring substituents is 1. The van der Waals surface area contributed by atoms with Crippen LogP contribution in [0.2, 0.25) is 0 Å². The van der Waals surface area contributed by atoms with Gasteiger partial charge in [-0.1, -0.05) is 43.3 Å². The van der Waals surface area contributed by atoms with Gasteiger partial charge in [0.05, 0.1) is 16.8 Å². The normalized spacial score (nSPS) is 11.6. The summed E-state index contributed by atoms with van der Waals surface area (Å²) in [6.45, 7) is 4.30. The van der Waals surface area contributed by atoms with E-state index in [1.165, 1.54) is 36.0 Å². The zero-order valence-electron chi connectivity index (χ0n) is 24.7. The Morgan fingerprint density at radius 2 is 1.58 bits per heavy atom. The van der Waals surface area contributed by atoms with E-state index in [0.717, 1.165) is 4.90 Å². The van der Waals surface area contributed by atoms with E-state index in [4.69, 9.17) is 4.74 Å².